The van der Waals surface area contributed by atoms with Crippen LogP contribution in [0.2, 0.25) is 0 Å². The molecule has 1 atom stereocenters. The summed E-state index contributed by atoms with van der Waals surface area (Å²) < 4.78 is 4.99. The number of anilines is 2. The molecule has 0 aliphatic carbocycles. The van der Waals surface area contributed by atoms with Crippen molar-refractivity contribution in [2.45, 2.75) is 34.1 Å². The molecule has 1 N–H and O–H groups in total. The van der Waals surface area contributed by atoms with Gasteiger partial charge in [-0.1, -0.05) is 23.5 Å². The van der Waals surface area contributed by atoms with E-state index < -0.39 is 11.9 Å². The second kappa shape index (κ2) is 8.10. The molecular weight excluding hydrogens is 378 g/mol. The number of esters is 1. The molecule has 0 saturated carbocycles. The van der Waals surface area contributed by atoms with Gasteiger partial charge in [-0.25, -0.2) is 9.78 Å². The molecule has 1 fully saturated rings. The molecule has 1 aliphatic rings. The third-order valence-electron chi connectivity index (χ3n) is 4.64. The molecule has 2 heterocycles. The molecule has 1 saturated heterocycles. The van der Waals surface area contributed by atoms with Gasteiger partial charge in [0.15, 0.2) is 5.13 Å². The SMILES string of the molecule is CCOC(=O)c1sc(NC(=O)C2CC(=O)N(c3cc(C)ccc3C)C2)nc1C. The van der Waals surface area contributed by atoms with Gasteiger partial charge < -0.3 is 15.0 Å². The van der Waals surface area contributed by atoms with E-state index in [1.807, 2.05) is 32.0 Å². The van der Waals surface area contributed by atoms with Gasteiger partial charge in [-0.2, -0.15) is 0 Å². The van der Waals surface area contributed by atoms with Crippen LogP contribution >= 0.6 is 11.3 Å². The minimum absolute atomic E-state index is 0.0728. The first-order valence-corrected chi connectivity index (χ1v) is 9.94. The first-order valence-electron chi connectivity index (χ1n) is 9.13. The molecule has 1 aliphatic heterocycles. The molecule has 3 rings (SSSR count). The number of hydrogen-bond donors (Lipinski definition) is 1. The lowest BCUT2D eigenvalue weighted by atomic mass is 10.1. The molecule has 28 heavy (non-hydrogen) atoms. The lowest BCUT2D eigenvalue weighted by Gasteiger charge is -2.19. The Morgan fingerprint density at radius 2 is 2.07 bits per heavy atom. The molecule has 0 spiro atoms. The van der Waals surface area contributed by atoms with Crippen LogP contribution in [-0.4, -0.2) is 35.9 Å². The molecule has 1 aromatic carbocycles. The highest BCUT2D eigenvalue weighted by Gasteiger charge is 2.36. The third-order valence-corrected chi connectivity index (χ3v) is 5.69. The topological polar surface area (TPSA) is 88.6 Å². The fraction of sp³-hybridized carbons (Fsp3) is 0.400. The van der Waals surface area contributed by atoms with Crippen molar-refractivity contribution in [1.82, 2.24) is 4.98 Å². The summed E-state index contributed by atoms with van der Waals surface area (Å²) in [7, 11) is 0. The van der Waals surface area contributed by atoms with Crippen molar-refractivity contribution in [2.75, 3.05) is 23.4 Å². The molecule has 8 heteroatoms. The van der Waals surface area contributed by atoms with Crippen LogP contribution in [0.4, 0.5) is 10.8 Å². The molecule has 2 aromatic rings. The van der Waals surface area contributed by atoms with Crippen LogP contribution in [0.25, 0.3) is 0 Å². The number of aryl methyl sites for hydroxylation is 3. The van der Waals surface area contributed by atoms with E-state index in [1.165, 1.54) is 0 Å². The van der Waals surface area contributed by atoms with Crippen molar-refractivity contribution >= 4 is 39.9 Å². The maximum atomic E-state index is 12.7. The summed E-state index contributed by atoms with van der Waals surface area (Å²) in [5, 5.41) is 3.08. The lowest BCUT2D eigenvalue weighted by molar-refractivity contribution is -0.122. The van der Waals surface area contributed by atoms with Crippen LogP contribution in [0.5, 0.6) is 0 Å². The number of amides is 2. The van der Waals surface area contributed by atoms with E-state index in [0.29, 0.717) is 22.2 Å². The number of carbonyl (C=O) groups is 3. The lowest BCUT2D eigenvalue weighted by Crippen LogP contribution is -2.28. The van der Waals surface area contributed by atoms with Crippen molar-refractivity contribution < 1.29 is 19.1 Å². The first-order chi connectivity index (χ1) is 13.3. The number of nitrogens with one attached hydrogen (secondary N) is 1. The fourth-order valence-corrected chi connectivity index (χ4v) is 4.03. The number of rotatable bonds is 5. The van der Waals surface area contributed by atoms with E-state index in [0.717, 1.165) is 28.2 Å². The second-order valence-corrected chi connectivity index (χ2v) is 7.84. The minimum Gasteiger partial charge on any atom is -0.462 e. The summed E-state index contributed by atoms with van der Waals surface area (Å²) in [6, 6.07) is 5.93. The van der Waals surface area contributed by atoms with E-state index in [-0.39, 0.29) is 24.8 Å². The quantitative estimate of drug-likeness (QED) is 0.777. The standard InChI is InChI=1S/C20H23N3O4S/c1-5-27-19(26)17-13(4)21-20(28-17)22-18(25)14-9-16(24)23(10-14)15-8-11(2)6-7-12(15)3/h6-8,14H,5,9-10H2,1-4H3,(H,21,22,25). The fourth-order valence-electron chi connectivity index (χ4n) is 3.17. The highest BCUT2D eigenvalue weighted by Crippen LogP contribution is 2.30. The van der Waals surface area contributed by atoms with Gasteiger partial charge in [0, 0.05) is 18.7 Å². The Hall–Kier alpha value is -2.74. The summed E-state index contributed by atoms with van der Waals surface area (Å²) >= 11 is 1.08. The third kappa shape index (κ3) is 4.06. The number of benzene rings is 1. The average molecular weight is 401 g/mol. The summed E-state index contributed by atoms with van der Waals surface area (Å²) in [5.74, 6) is -1.26. The zero-order chi connectivity index (χ0) is 20.4. The smallest absolute Gasteiger partial charge is 0.350 e. The Balaban J connectivity index is 1.71. The molecule has 7 nitrogen and oxygen atoms in total. The first kappa shape index (κ1) is 20.0. The van der Waals surface area contributed by atoms with Crippen molar-refractivity contribution in [3.63, 3.8) is 0 Å². The normalized spacial score (nSPS) is 16.4. The molecule has 0 radical (unpaired) electrons. The van der Waals surface area contributed by atoms with Crippen LogP contribution in [0.3, 0.4) is 0 Å². The molecular formula is C20H23N3O4S. The highest BCUT2D eigenvalue weighted by atomic mass is 32.1. The Kier molecular flexibility index (Phi) is 5.79. The van der Waals surface area contributed by atoms with Gasteiger partial charge in [0.2, 0.25) is 11.8 Å². The number of hydrogen-bond acceptors (Lipinski definition) is 6. The van der Waals surface area contributed by atoms with Gasteiger partial charge in [-0.3, -0.25) is 9.59 Å². The van der Waals surface area contributed by atoms with Gasteiger partial charge in [0.1, 0.15) is 4.88 Å². The maximum Gasteiger partial charge on any atom is 0.350 e. The van der Waals surface area contributed by atoms with E-state index in [2.05, 4.69) is 10.3 Å². The van der Waals surface area contributed by atoms with Gasteiger partial charge in [0.05, 0.1) is 18.2 Å². The van der Waals surface area contributed by atoms with E-state index in [4.69, 9.17) is 4.74 Å². The van der Waals surface area contributed by atoms with Gasteiger partial charge in [-0.15, -0.1) is 0 Å². The van der Waals surface area contributed by atoms with E-state index in [1.54, 1.807) is 18.7 Å². The zero-order valence-corrected chi connectivity index (χ0v) is 17.2. The Labute approximate surface area is 167 Å². The van der Waals surface area contributed by atoms with Crippen LogP contribution in [0, 0.1) is 26.7 Å². The monoisotopic (exact) mass is 401 g/mol. The highest BCUT2D eigenvalue weighted by molar-refractivity contribution is 7.17. The molecule has 2 amide bonds. The molecule has 148 valence electrons. The average Bonchev–Trinajstić information content (AvgIpc) is 3.20. The number of carbonyl (C=O) groups excluding carboxylic acids is 3. The van der Waals surface area contributed by atoms with Gasteiger partial charge >= 0.3 is 5.97 Å². The molecule has 1 aromatic heterocycles. The largest absolute Gasteiger partial charge is 0.462 e. The summed E-state index contributed by atoms with van der Waals surface area (Å²) in [6.45, 7) is 7.94. The van der Waals surface area contributed by atoms with Crippen LogP contribution in [0.15, 0.2) is 18.2 Å². The summed E-state index contributed by atoms with van der Waals surface area (Å²) in [5.41, 5.74) is 3.41. The number of thiazole rings is 1. The van der Waals surface area contributed by atoms with E-state index >= 15 is 0 Å². The number of ether oxygens (including phenoxy) is 1. The van der Waals surface area contributed by atoms with Gasteiger partial charge in [0.25, 0.3) is 0 Å². The minimum atomic E-state index is -0.470. The van der Waals surface area contributed by atoms with Crippen molar-refractivity contribution in [3.05, 3.63) is 39.9 Å². The maximum absolute atomic E-state index is 12.7. The van der Waals surface area contributed by atoms with Gasteiger partial charge in [-0.05, 0) is 44.9 Å². The Morgan fingerprint density at radius 3 is 2.79 bits per heavy atom. The van der Waals surface area contributed by atoms with E-state index in [9.17, 15) is 14.4 Å². The zero-order valence-electron chi connectivity index (χ0n) is 16.4. The summed E-state index contributed by atoms with van der Waals surface area (Å²) in [4.78, 5) is 43.3. The van der Waals surface area contributed by atoms with Crippen molar-refractivity contribution in [3.8, 4) is 0 Å². The Bertz CT molecular complexity index is 938. The number of nitrogens with zero attached hydrogens (tertiary/aromatic N) is 2. The second-order valence-electron chi connectivity index (χ2n) is 6.84. The van der Waals surface area contributed by atoms with Crippen LogP contribution in [0.1, 0.15) is 39.8 Å². The van der Waals surface area contributed by atoms with Crippen LogP contribution < -0.4 is 10.2 Å². The van der Waals surface area contributed by atoms with Crippen molar-refractivity contribution in [2.24, 2.45) is 5.92 Å². The number of aromatic nitrogens is 1. The van der Waals surface area contributed by atoms with Crippen LogP contribution in [-0.2, 0) is 14.3 Å². The Morgan fingerprint density at radius 1 is 1.32 bits per heavy atom. The predicted octanol–water partition coefficient (Wildman–Crippen LogP) is 3.24. The molecule has 0 bridgehead atoms. The summed E-state index contributed by atoms with van der Waals surface area (Å²) in [6.07, 6.45) is 0.147. The molecule has 1 unspecified atom stereocenters. The van der Waals surface area contributed by atoms with Crippen molar-refractivity contribution in [1.29, 1.82) is 0 Å². The predicted molar refractivity (Wildman–Crippen MR) is 108 cm³/mol.